The Balaban J connectivity index is 2.32. The summed E-state index contributed by atoms with van der Waals surface area (Å²) >= 11 is 1.44. The molecule has 0 fully saturated rings. The van der Waals surface area contributed by atoms with E-state index in [1.807, 2.05) is 6.92 Å². The molecule has 104 valence electrons. The van der Waals surface area contributed by atoms with Crippen molar-refractivity contribution in [2.45, 2.75) is 13.5 Å². The lowest BCUT2D eigenvalue weighted by Gasteiger charge is -2.08. The lowest BCUT2D eigenvalue weighted by molar-refractivity contribution is -0.384. The molecule has 0 aliphatic rings. The van der Waals surface area contributed by atoms with Crippen LogP contribution in [0, 0.1) is 17.0 Å². The summed E-state index contributed by atoms with van der Waals surface area (Å²) in [5.74, 6) is -1.22. The van der Waals surface area contributed by atoms with Crippen molar-refractivity contribution in [1.29, 1.82) is 0 Å². The third kappa shape index (κ3) is 2.91. The fourth-order valence-corrected chi connectivity index (χ4v) is 2.43. The molecular formula is C12H11N3O4S. The number of nitrogens with one attached hydrogen (secondary N) is 1. The number of aromatic nitrogens is 1. The molecule has 0 unspecified atom stereocenters. The highest BCUT2D eigenvalue weighted by molar-refractivity contribution is 7.11. The number of benzene rings is 1. The molecule has 7 nitrogen and oxygen atoms in total. The summed E-state index contributed by atoms with van der Waals surface area (Å²) in [6, 6.07) is 3.94. The van der Waals surface area contributed by atoms with Gasteiger partial charge in [-0.05, 0) is 13.0 Å². The summed E-state index contributed by atoms with van der Waals surface area (Å²) < 4.78 is 0. The van der Waals surface area contributed by atoms with E-state index >= 15 is 0 Å². The number of carboxylic acids is 1. The van der Waals surface area contributed by atoms with Crippen LogP contribution in [0.5, 0.6) is 0 Å². The zero-order chi connectivity index (χ0) is 14.7. The van der Waals surface area contributed by atoms with E-state index in [-0.39, 0.29) is 23.5 Å². The fraction of sp³-hybridized carbons (Fsp3) is 0.167. The summed E-state index contributed by atoms with van der Waals surface area (Å²) in [5, 5.41) is 23.6. The van der Waals surface area contributed by atoms with E-state index in [0.29, 0.717) is 0 Å². The normalized spacial score (nSPS) is 10.2. The minimum absolute atomic E-state index is 0.00199. The molecule has 8 heteroatoms. The quantitative estimate of drug-likeness (QED) is 0.648. The Morgan fingerprint density at radius 2 is 2.30 bits per heavy atom. The minimum atomic E-state index is -1.22. The van der Waals surface area contributed by atoms with E-state index in [4.69, 9.17) is 5.11 Å². The summed E-state index contributed by atoms with van der Waals surface area (Å²) in [6.07, 6.45) is 1.69. The molecule has 1 heterocycles. The highest BCUT2D eigenvalue weighted by Gasteiger charge is 2.21. The Kier molecular flexibility index (Phi) is 3.94. The Hall–Kier alpha value is -2.48. The van der Waals surface area contributed by atoms with Crippen LogP contribution in [0.2, 0.25) is 0 Å². The van der Waals surface area contributed by atoms with Gasteiger partial charge < -0.3 is 10.4 Å². The van der Waals surface area contributed by atoms with Crippen LogP contribution in [-0.4, -0.2) is 21.0 Å². The first-order valence-corrected chi connectivity index (χ1v) is 6.46. The van der Waals surface area contributed by atoms with E-state index in [1.165, 1.54) is 29.5 Å². The molecule has 1 aromatic heterocycles. The molecule has 0 saturated carbocycles. The molecule has 0 aliphatic carbocycles. The van der Waals surface area contributed by atoms with Gasteiger partial charge in [0.25, 0.3) is 5.69 Å². The lowest BCUT2D eigenvalue weighted by atomic mass is 10.1. The number of nitrogens with zero attached hydrogens (tertiary/aromatic N) is 2. The predicted octanol–water partition coefficient (Wildman–Crippen LogP) is 2.67. The monoisotopic (exact) mass is 293 g/mol. The van der Waals surface area contributed by atoms with Crippen LogP contribution >= 0.6 is 11.3 Å². The van der Waals surface area contributed by atoms with Gasteiger partial charge in [0.2, 0.25) is 0 Å². The number of carboxylic acid groups (broad SMARTS) is 1. The fourth-order valence-electron chi connectivity index (χ4n) is 1.70. The molecule has 2 N–H and O–H groups in total. The standard InChI is InChI=1S/C12H11N3O4S/c1-7-5-13-10(20-7)6-14-11-8(12(16)17)3-2-4-9(11)15(18)19/h2-5,14H,6H2,1H3,(H,16,17). The molecule has 2 aromatic rings. The average Bonchev–Trinajstić information content (AvgIpc) is 2.81. The number of hydrogen-bond donors (Lipinski definition) is 2. The van der Waals surface area contributed by atoms with Gasteiger partial charge in [-0.25, -0.2) is 9.78 Å². The first-order chi connectivity index (χ1) is 9.49. The summed E-state index contributed by atoms with van der Waals surface area (Å²) in [7, 11) is 0. The van der Waals surface area contributed by atoms with E-state index in [1.54, 1.807) is 6.20 Å². The van der Waals surface area contributed by atoms with Crippen molar-refractivity contribution in [2.24, 2.45) is 0 Å². The Morgan fingerprint density at radius 3 is 2.85 bits per heavy atom. The Morgan fingerprint density at radius 1 is 1.55 bits per heavy atom. The van der Waals surface area contributed by atoms with Crippen molar-refractivity contribution in [3.05, 3.63) is 50.0 Å². The van der Waals surface area contributed by atoms with E-state index < -0.39 is 10.9 Å². The van der Waals surface area contributed by atoms with Gasteiger partial charge in [-0.1, -0.05) is 6.07 Å². The number of carbonyl (C=O) groups is 1. The second-order valence-electron chi connectivity index (χ2n) is 3.98. The van der Waals surface area contributed by atoms with Crippen LogP contribution in [0.15, 0.2) is 24.4 Å². The zero-order valence-electron chi connectivity index (χ0n) is 10.5. The highest BCUT2D eigenvalue weighted by atomic mass is 32.1. The van der Waals surface area contributed by atoms with Crippen molar-refractivity contribution >= 4 is 28.7 Å². The van der Waals surface area contributed by atoms with Crippen LogP contribution in [0.3, 0.4) is 0 Å². The maximum Gasteiger partial charge on any atom is 0.338 e. The van der Waals surface area contributed by atoms with Gasteiger partial charge in [0.05, 0.1) is 17.0 Å². The van der Waals surface area contributed by atoms with Crippen LogP contribution < -0.4 is 5.32 Å². The van der Waals surface area contributed by atoms with Gasteiger partial charge in [-0.3, -0.25) is 10.1 Å². The van der Waals surface area contributed by atoms with Crippen molar-refractivity contribution < 1.29 is 14.8 Å². The van der Waals surface area contributed by atoms with Crippen LogP contribution in [-0.2, 0) is 6.54 Å². The molecule has 1 aromatic carbocycles. The third-order valence-electron chi connectivity index (χ3n) is 2.56. The molecule has 0 radical (unpaired) electrons. The second kappa shape index (κ2) is 5.66. The summed E-state index contributed by atoms with van der Waals surface area (Å²) in [6.45, 7) is 2.14. The van der Waals surface area contributed by atoms with Crippen molar-refractivity contribution in [2.75, 3.05) is 5.32 Å². The van der Waals surface area contributed by atoms with Gasteiger partial charge in [-0.15, -0.1) is 11.3 Å². The molecule has 0 atom stereocenters. The SMILES string of the molecule is Cc1cnc(CNc2c(C(=O)O)cccc2[N+](=O)[O-])s1. The number of thiazole rings is 1. The van der Waals surface area contributed by atoms with Crippen molar-refractivity contribution in [3.8, 4) is 0 Å². The number of anilines is 1. The molecule has 0 spiro atoms. The third-order valence-corrected chi connectivity index (χ3v) is 3.47. The number of nitro benzene ring substituents is 1. The number of aromatic carboxylic acids is 1. The van der Waals surface area contributed by atoms with Gasteiger partial charge in [0.1, 0.15) is 10.7 Å². The summed E-state index contributed by atoms with van der Waals surface area (Å²) in [5.41, 5.74) is -0.400. The zero-order valence-corrected chi connectivity index (χ0v) is 11.3. The van der Waals surface area contributed by atoms with E-state index in [9.17, 15) is 14.9 Å². The molecule has 0 amide bonds. The maximum absolute atomic E-state index is 11.1. The smallest absolute Gasteiger partial charge is 0.338 e. The first-order valence-electron chi connectivity index (χ1n) is 5.65. The lowest BCUT2D eigenvalue weighted by Crippen LogP contribution is -2.08. The number of aryl methyl sites for hydroxylation is 1. The van der Waals surface area contributed by atoms with Gasteiger partial charge >= 0.3 is 5.97 Å². The second-order valence-corrected chi connectivity index (χ2v) is 5.30. The number of rotatable bonds is 5. The van der Waals surface area contributed by atoms with Gasteiger partial charge in [0.15, 0.2) is 0 Å². The van der Waals surface area contributed by atoms with Crippen LogP contribution in [0.25, 0.3) is 0 Å². The molecule has 2 rings (SSSR count). The van der Waals surface area contributed by atoms with Gasteiger partial charge in [-0.2, -0.15) is 0 Å². The predicted molar refractivity (Wildman–Crippen MR) is 74.2 cm³/mol. The maximum atomic E-state index is 11.1. The summed E-state index contributed by atoms with van der Waals surface area (Å²) in [4.78, 5) is 26.6. The molecule has 20 heavy (non-hydrogen) atoms. The topological polar surface area (TPSA) is 105 Å². The molecule has 0 bridgehead atoms. The molecule has 0 saturated heterocycles. The number of nitro groups is 1. The largest absolute Gasteiger partial charge is 0.478 e. The van der Waals surface area contributed by atoms with E-state index in [2.05, 4.69) is 10.3 Å². The van der Waals surface area contributed by atoms with Crippen LogP contribution in [0.1, 0.15) is 20.2 Å². The molecular weight excluding hydrogens is 282 g/mol. The van der Waals surface area contributed by atoms with Crippen molar-refractivity contribution in [1.82, 2.24) is 4.98 Å². The molecule has 0 aliphatic heterocycles. The Labute approximate surface area is 118 Å². The Bertz CT molecular complexity index is 636. The number of hydrogen-bond acceptors (Lipinski definition) is 6. The number of para-hydroxylation sites is 1. The minimum Gasteiger partial charge on any atom is -0.478 e. The van der Waals surface area contributed by atoms with E-state index in [0.717, 1.165) is 9.88 Å². The highest BCUT2D eigenvalue weighted by Crippen LogP contribution is 2.29. The average molecular weight is 293 g/mol. The first kappa shape index (κ1) is 13.9. The van der Waals surface area contributed by atoms with Crippen LogP contribution in [0.4, 0.5) is 11.4 Å². The van der Waals surface area contributed by atoms with Gasteiger partial charge in [0, 0.05) is 17.1 Å². The van der Waals surface area contributed by atoms with Crippen molar-refractivity contribution in [3.63, 3.8) is 0 Å².